The summed E-state index contributed by atoms with van der Waals surface area (Å²) in [5.74, 6) is 1.94. The van der Waals surface area contributed by atoms with Gasteiger partial charge in [0.05, 0.1) is 19.3 Å². The fourth-order valence-corrected chi connectivity index (χ4v) is 2.59. The maximum Gasteiger partial charge on any atom is 0.100 e. The number of aliphatic hydroxyl groups is 2. The van der Waals surface area contributed by atoms with Crippen molar-refractivity contribution in [3.05, 3.63) is 0 Å². The molecule has 1 saturated carbocycles. The van der Waals surface area contributed by atoms with Gasteiger partial charge in [0.2, 0.25) is 0 Å². The first kappa shape index (κ1) is 13.9. The highest BCUT2D eigenvalue weighted by Gasteiger charge is 2.31. The Morgan fingerprint density at radius 3 is 2.56 bits per heavy atom. The molecule has 2 N–H and O–H groups in total. The molecule has 1 fully saturated rings. The van der Waals surface area contributed by atoms with Gasteiger partial charge in [-0.25, -0.2) is 0 Å². The van der Waals surface area contributed by atoms with E-state index >= 15 is 0 Å². The summed E-state index contributed by atoms with van der Waals surface area (Å²) in [5, 5.41) is 18.1. The fraction of sp³-hybridized carbons (Fsp3) is 1.00. The zero-order valence-corrected chi connectivity index (χ0v) is 10.7. The molecule has 4 atom stereocenters. The van der Waals surface area contributed by atoms with Gasteiger partial charge in [0.1, 0.15) is 6.10 Å². The molecule has 3 nitrogen and oxygen atoms in total. The molecule has 0 aromatic carbocycles. The van der Waals surface area contributed by atoms with Crippen LogP contribution in [0.1, 0.15) is 40.0 Å². The van der Waals surface area contributed by atoms with Crippen LogP contribution >= 0.6 is 0 Å². The van der Waals surface area contributed by atoms with E-state index in [9.17, 15) is 5.11 Å². The van der Waals surface area contributed by atoms with Gasteiger partial charge in [0, 0.05) is 0 Å². The molecule has 3 heteroatoms. The van der Waals surface area contributed by atoms with E-state index in [1.54, 1.807) is 0 Å². The predicted octanol–water partition coefficient (Wildman–Crippen LogP) is 1.82. The lowest BCUT2D eigenvalue weighted by Gasteiger charge is -2.37. The maximum absolute atomic E-state index is 9.30. The second kappa shape index (κ2) is 6.58. The SMILES string of the molecule is CC(C)[C@@H]1CC[C@H](C)C[C@H]1OC[C@H](O)CO. The molecule has 0 saturated heterocycles. The molecule has 0 radical (unpaired) electrons. The Hall–Kier alpha value is -0.120. The van der Waals surface area contributed by atoms with Crippen molar-refractivity contribution in [2.75, 3.05) is 13.2 Å². The van der Waals surface area contributed by atoms with Crippen LogP contribution in [-0.4, -0.2) is 35.6 Å². The lowest BCUT2D eigenvalue weighted by molar-refractivity contribution is -0.0776. The number of rotatable bonds is 5. The summed E-state index contributed by atoms with van der Waals surface area (Å²) in [6.07, 6.45) is 3.11. The van der Waals surface area contributed by atoms with E-state index in [0.717, 1.165) is 6.42 Å². The lowest BCUT2D eigenvalue weighted by Crippen LogP contribution is -2.36. The van der Waals surface area contributed by atoms with Crippen molar-refractivity contribution in [2.45, 2.75) is 52.2 Å². The van der Waals surface area contributed by atoms with Crippen LogP contribution in [-0.2, 0) is 4.74 Å². The first-order chi connectivity index (χ1) is 7.54. The van der Waals surface area contributed by atoms with Gasteiger partial charge in [0.25, 0.3) is 0 Å². The van der Waals surface area contributed by atoms with E-state index in [1.807, 2.05) is 0 Å². The normalized spacial score (nSPS) is 33.0. The molecule has 0 heterocycles. The van der Waals surface area contributed by atoms with Gasteiger partial charge < -0.3 is 14.9 Å². The second-order valence-corrected chi connectivity index (χ2v) is 5.53. The van der Waals surface area contributed by atoms with Gasteiger partial charge in [-0.1, -0.05) is 27.2 Å². The molecule has 96 valence electrons. The van der Waals surface area contributed by atoms with Crippen LogP contribution in [0.5, 0.6) is 0 Å². The van der Waals surface area contributed by atoms with E-state index in [0.29, 0.717) is 17.8 Å². The van der Waals surface area contributed by atoms with Crippen LogP contribution < -0.4 is 0 Å². The number of hydrogen-bond acceptors (Lipinski definition) is 3. The first-order valence-corrected chi connectivity index (χ1v) is 6.45. The molecular weight excluding hydrogens is 204 g/mol. The Bertz CT molecular complexity index is 194. The third-order valence-electron chi connectivity index (χ3n) is 3.67. The predicted molar refractivity (Wildman–Crippen MR) is 64.2 cm³/mol. The molecule has 0 aliphatic heterocycles. The summed E-state index contributed by atoms with van der Waals surface area (Å²) in [6.45, 7) is 6.78. The maximum atomic E-state index is 9.30. The standard InChI is InChI=1S/C13H26O3/c1-9(2)12-5-4-10(3)6-13(12)16-8-11(15)7-14/h9-15H,4-8H2,1-3H3/t10-,11+,12-,13+/m0/s1. The third kappa shape index (κ3) is 4.04. The minimum absolute atomic E-state index is 0.214. The summed E-state index contributed by atoms with van der Waals surface area (Å²) in [5.41, 5.74) is 0. The molecule has 16 heavy (non-hydrogen) atoms. The van der Waals surface area contributed by atoms with E-state index in [1.165, 1.54) is 12.8 Å². The molecule has 0 aromatic rings. The molecule has 0 bridgehead atoms. The van der Waals surface area contributed by atoms with Gasteiger partial charge in [-0.15, -0.1) is 0 Å². The number of aliphatic hydroxyl groups excluding tert-OH is 2. The lowest BCUT2D eigenvalue weighted by atomic mass is 9.75. The van der Waals surface area contributed by atoms with Crippen LogP contribution in [0.2, 0.25) is 0 Å². The van der Waals surface area contributed by atoms with Crippen molar-refractivity contribution in [3.8, 4) is 0 Å². The molecule has 0 amide bonds. The molecule has 1 aliphatic rings. The highest BCUT2D eigenvalue weighted by Crippen LogP contribution is 2.35. The van der Waals surface area contributed by atoms with Crippen molar-refractivity contribution < 1.29 is 14.9 Å². The monoisotopic (exact) mass is 230 g/mol. The Labute approximate surface area is 98.8 Å². The zero-order chi connectivity index (χ0) is 12.1. The van der Waals surface area contributed by atoms with Crippen molar-refractivity contribution in [1.82, 2.24) is 0 Å². The van der Waals surface area contributed by atoms with Crippen molar-refractivity contribution in [3.63, 3.8) is 0 Å². The summed E-state index contributed by atoms with van der Waals surface area (Å²) < 4.78 is 5.77. The number of ether oxygens (including phenoxy) is 1. The van der Waals surface area contributed by atoms with Crippen LogP contribution in [0.3, 0.4) is 0 Å². The van der Waals surface area contributed by atoms with Gasteiger partial charge in [-0.2, -0.15) is 0 Å². The molecule has 0 unspecified atom stereocenters. The van der Waals surface area contributed by atoms with E-state index in [-0.39, 0.29) is 19.3 Å². The molecule has 0 aromatic heterocycles. The van der Waals surface area contributed by atoms with Gasteiger partial charge >= 0.3 is 0 Å². The minimum atomic E-state index is -0.731. The second-order valence-electron chi connectivity index (χ2n) is 5.53. The highest BCUT2D eigenvalue weighted by atomic mass is 16.5. The van der Waals surface area contributed by atoms with Crippen molar-refractivity contribution in [2.24, 2.45) is 17.8 Å². The Morgan fingerprint density at radius 2 is 2.00 bits per heavy atom. The number of hydrogen-bond donors (Lipinski definition) is 2. The van der Waals surface area contributed by atoms with E-state index < -0.39 is 6.10 Å². The average Bonchev–Trinajstić information content (AvgIpc) is 2.25. The summed E-state index contributed by atoms with van der Waals surface area (Å²) in [6, 6.07) is 0. The topological polar surface area (TPSA) is 49.7 Å². The Kier molecular flexibility index (Phi) is 5.73. The van der Waals surface area contributed by atoms with Gasteiger partial charge in [-0.3, -0.25) is 0 Å². The molecular formula is C13H26O3. The Morgan fingerprint density at radius 1 is 1.31 bits per heavy atom. The zero-order valence-electron chi connectivity index (χ0n) is 10.7. The van der Waals surface area contributed by atoms with Crippen LogP contribution in [0.25, 0.3) is 0 Å². The largest absolute Gasteiger partial charge is 0.394 e. The van der Waals surface area contributed by atoms with Crippen molar-refractivity contribution in [1.29, 1.82) is 0 Å². The molecule has 0 spiro atoms. The van der Waals surface area contributed by atoms with Crippen LogP contribution in [0.15, 0.2) is 0 Å². The third-order valence-corrected chi connectivity index (χ3v) is 3.67. The Balaban J connectivity index is 2.44. The van der Waals surface area contributed by atoms with E-state index in [4.69, 9.17) is 9.84 Å². The van der Waals surface area contributed by atoms with E-state index in [2.05, 4.69) is 20.8 Å². The molecule has 1 aliphatic carbocycles. The molecule has 1 rings (SSSR count). The smallest absolute Gasteiger partial charge is 0.100 e. The summed E-state index contributed by atoms with van der Waals surface area (Å²) >= 11 is 0. The van der Waals surface area contributed by atoms with Crippen LogP contribution in [0.4, 0.5) is 0 Å². The quantitative estimate of drug-likeness (QED) is 0.757. The van der Waals surface area contributed by atoms with Crippen LogP contribution in [0, 0.1) is 17.8 Å². The fourth-order valence-electron chi connectivity index (χ4n) is 2.59. The van der Waals surface area contributed by atoms with Crippen molar-refractivity contribution >= 4 is 0 Å². The summed E-state index contributed by atoms with van der Waals surface area (Å²) in [7, 11) is 0. The first-order valence-electron chi connectivity index (χ1n) is 6.45. The van der Waals surface area contributed by atoms with Gasteiger partial charge in [-0.05, 0) is 30.6 Å². The minimum Gasteiger partial charge on any atom is -0.394 e. The highest BCUT2D eigenvalue weighted by molar-refractivity contribution is 4.81. The summed E-state index contributed by atoms with van der Waals surface area (Å²) in [4.78, 5) is 0. The van der Waals surface area contributed by atoms with Gasteiger partial charge in [0.15, 0.2) is 0 Å². The average molecular weight is 230 g/mol.